The predicted octanol–water partition coefficient (Wildman–Crippen LogP) is 1.80. The molecule has 1 aromatic rings. The molecule has 0 saturated heterocycles. The first-order chi connectivity index (χ1) is 7.35. The largest absolute Gasteiger partial charge is 0.323 e. The molecule has 0 aliphatic heterocycles. The number of sulfone groups is 1. The van der Waals surface area contributed by atoms with Crippen LogP contribution in [0.25, 0.3) is 0 Å². The summed E-state index contributed by atoms with van der Waals surface area (Å²) in [4.78, 5) is 5.23. The van der Waals surface area contributed by atoms with Crippen LogP contribution in [0.5, 0.6) is 0 Å². The fraction of sp³-hybridized carbons (Fsp3) is 0.700. The Morgan fingerprint density at radius 3 is 2.56 bits per heavy atom. The van der Waals surface area contributed by atoms with E-state index in [-0.39, 0.29) is 17.5 Å². The molecule has 0 aliphatic rings. The zero-order valence-corrected chi connectivity index (χ0v) is 11.5. The van der Waals surface area contributed by atoms with Gasteiger partial charge in [-0.25, -0.2) is 13.4 Å². The van der Waals surface area contributed by atoms with Gasteiger partial charge in [0.15, 0.2) is 9.84 Å². The first-order valence-corrected chi connectivity index (χ1v) is 7.91. The number of nitrogens with zero attached hydrogens (tertiary/aromatic N) is 1. The quantitative estimate of drug-likeness (QED) is 0.878. The number of hydrogen-bond donors (Lipinski definition) is 1. The molecule has 0 bridgehead atoms. The number of nitrogens with two attached hydrogens (primary N) is 1. The van der Waals surface area contributed by atoms with E-state index in [4.69, 9.17) is 5.73 Å². The van der Waals surface area contributed by atoms with Crippen molar-refractivity contribution in [2.45, 2.75) is 39.0 Å². The lowest BCUT2D eigenvalue weighted by Gasteiger charge is -2.00. The summed E-state index contributed by atoms with van der Waals surface area (Å²) in [5.41, 5.74) is 6.62. The molecular formula is C10H18N2O2S2. The summed E-state index contributed by atoms with van der Waals surface area (Å²) in [7, 11) is -3.01. The summed E-state index contributed by atoms with van der Waals surface area (Å²) < 4.78 is 23.3. The van der Waals surface area contributed by atoms with Crippen molar-refractivity contribution in [3.63, 3.8) is 0 Å². The van der Waals surface area contributed by atoms with Gasteiger partial charge in [0.1, 0.15) is 10.8 Å². The maximum atomic E-state index is 11.6. The minimum atomic E-state index is -3.01. The van der Waals surface area contributed by atoms with Crippen LogP contribution >= 0.6 is 11.3 Å². The van der Waals surface area contributed by atoms with E-state index in [2.05, 4.69) is 4.98 Å². The third-order valence-electron chi connectivity index (χ3n) is 2.15. The van der Waals surface area contributed by atoms with E-state index < -0.39 is 9.84 Å². The summed E-state index contributed by atoms with van der Waals surface area (Å²) in [6.07, 6.45) is 0.646. The highest BCUT2D eigenvalue weighted by atomic mass is 32.2. The van der Waals surface area contributed by atoms with Gasteiger partial charge in [0, 0.05) is 10.9 Å². The van der Waals surface area contributed by atoms with Crippen LogP contribution in [0.3, 0.4) is 0 Å². The van der Waals surface area contributed by atoms with Gasteiger partial charge in [-0.2, -0.15) is 0 Å². The van der Waals surface area contributed by atoms with E-state index >= 15 is 0 Å². The Morgan fingerprint density at radius 1 is 1.50 bits per heavy atom. The maximum absolute atomic E-state index is 11.6. The highest BCUT2D eigenvalue weighted by Crippen LogP contribution is 2.24. The van der Waals surface area contributed by atoms with E-state index in [1.807, 2.05) is 20.8 Å². The van der Waals surface area contributed by atoms with E-state index in [1.165, 1.54) is 11.3 Å². The first-order valence-electron chi connectivity index (χ1n) is 5.28. The first kappa shape index (κ1) is 13.6. The van der Waals surface area contributed by atoms with E-state index in [0.29, 0.717) is 11.4 Å². The minimum Gasteiger partial charge on any atom is -0.323 e. The van der Waals surface area contributed by atoms with Gasteiger partial charge in [0.2, 0.25) is 0 Å². The van der Waals surface area contributed by atoms with Crippen molar-refractivity contribution in [2.75, 3.05) is 5.75 Å². The molecule has 0 fully saturated rings. The lowest BCUT2D eigenvalue weighted by Crippen LogP contribution is -2.08. The highest BCUT2D eigenvalue weighted by Gasteiger charge is 2.16. The number of hydrogen-bond acceptors (Lipinski definition) is 5. The molecule has 6 heteroatoms. The summed E-state index contributed by atoms with van der Waals surface area (Å²) >= 11 is 1.41. The monoisotopic (exact) mass is 262 g/mol. The molecule has 1 rings (SSSR count). The number of aromatic nitrogens is 1. The third kappa shape index (κ3) is 3.54. The topological polar surface area (TPSA) is 73.0 Å². The average molecular weight is 262 g/mol. The lowest BCUT2D eigenvalue weighted by atomic mass is 10.2. The molecule has 1 atom stereocenters. The van der Waals surface area contributed by atoms with Crippen molar-refractivity contribution in [3.05, 3.63) is 15.6 Å². The van der Waals surface area contributed by atoms with Crippen molar-refractivity contribution in [1.29, 1.82) is 0 Å². The summed E-state index contributed by atoms with van der Waals surface area (Å²) in [5.74, 6) is 0.262. The Hall–Kier alpha value is -0.460. The van der Waals surface area contributed by atoms with Gasteiger partial charge < -0.3 is 5.73 Å². The highest BCUT2D eigenvalue weighted by molar-refractivity contribution is 7.90. The van der Waals surface area contributed by atoms with E-state index in [0.717, 1.165) is 10.6 Å². The fourth-order valence-corrected chi connectivity index (χ4v) is 4.32. The van der Waals surface area contributed by atoms with Crippen LogP contribution in [-0.4, -0.2) is 19.2 Å². The molecule has 16 heavy (non-hydrogen) atoms. The minimum absolute atomic E-state index is 0.0407. The van der Waals surface area contributed by atoms with Crippen LogP contribution < -0.4 is 5.73 Å². The molecule has 0 aliphatic carbocycles. The predicted molar refractivity (Wildman–Crippen MR) is 67.2 cm³/mol. The zero-order chi connectivity index (χ0) is 12.3. The zero-order valence-electron chi connectivity index (χ0n) is 9.86. The van der Waals surface area contributed by atoms with Crippen molar-refractivity contribution in [2.24, 2.45) is 5.73 Å². The molecule has 1 aromatic heterocycles. The number of aryl methyl sites for hydroxylation is 1. The Balaban J connectivity index is 2.87. The Bertz CT molecular complexity index is 449. The maximum Gasteiger partial charge on any atom is 0.156 e. The standard InChI is InChI=1S/C10H18N2O2S2/c1-4-5-16(13,14)6-9-12-8(3)10(15-9)7(2)11/h7H,4-6,11H2,1-3H3. The normalized spacial score (nSPS) is 14.0. The molecule has 0 saturated carbocycles. The molecule has 1 unspecified atom stereocenters. The van der Waals surface area contributed by atoms with Crippen LogP contribution in [0.1, 0.15) is 41.9 Å². The third-order valence-corrected chi connectivity index (χ3v) is 5.43. The van der Waals surface area contributed by atoms with Gasteiger partial charge in [-0.15, -0.1) is 11.3 Å². The summed E-state index contributed by atoms with van der Waals surface area (Å²) in [6.45, 7) is 5.61. The molecule has 0 spiro atoms. The van der Waals surface area contributed by atoms with Crippen molar-refractivity contribution in [3.8, 4) is 0 Å². The van der Waals surface area contributed by atoms with Crippen LogP contribution in [0.4, 0.5) is 0 Å². The number of thiazole rings is 1. The Kier molecular flexibility index (Phi) is 4.46. The second kappa shape index (κ2) is 5.25. The van der Waals surface area contributed by atoms with Crippen molar-refractivity contribution in [1.82, 2.24) is 4.98 Å². The molecule has 4 nitrogen and oxygen atoms in total. The second-order valence-corrected chi connectivity index (χ2v) is 7.24. The van der Waals surface area contributed by atoms with Gasteiger partial charge in [-0.1, -0.05) is 6.92 Å². The molecule has 2 N–H and O–H groups in total. The van der Waals surface area contributed by atoms with Gasteiger partial charge in [-0.05, 0) is 20.3 Å². The molecular weight excluding hydrogens is 244 g/mol. The Morgan fingerprint density at radius 2 is 2.12 bits per heavy atom. The molecule has 0 radical (unpaired) electrons. The second-order valence-electron chi connectivity index (χ2n) is 3.94. The van der Waals surface area contributed by atoms with Gasteiger partial charge >= 0.3 is 0 Å². The molecule has 1 heterocycles. The van der Waals surface area contributed by atoms with Crippen LogP contribution in [0.2, 0.25) is 0 Å². The van der Waals surface area contributed by atoms with Crippen molar-refractivity contribution >= 4 is 21.2 Å². The SMILES string of the molecule is CCCS(=O)(=O)Cc1nc(C)c(C(C)N)s1. The fourth-order valence-electron chi connectivity index (χ4n) is 1.52. The summed E-state index contributed by atoms with van der Waals surface area (Å²) in [6, 6.07) is -0.0832. The molecule has 0 amide bonds. The van der Waals surface area contributed by atoms with Crippen LogP contribution in [0.15, 0.2) is 0 Å². The lowest BCUT2D eigenvalue weighted by molar-refractivity contribution is 0.594. The van der Waals surface area contributed by atoms with Gasteiger partial charge in [0.25, 0.3) is 0 Å². The molecule has 92 valence electrons. The van der Waals surface area contributed by atoms with Gasteiger partial charge in [0.05, 0.1) is 11.4 Å². The van der Waals surface area contributed by atoms with E-state index in [9.17, 15) is 8.42 Å². The van der Waals surface area contributed by atoms with E-state index in [1.54, 1.807) is 0 Å². The van der Waals surface area contributed by atoms with Crippen molar-refractivity contribution < 1.29 is 8.42 Å². The number of rotatable bonds is 5. The molecule has 0 aromatic carbocycles. The van der Waals surface area contributed by atoms with Crippen LogP contribution in [-0.2, 0) is 15.6 Å². The van der Waals surface area contributed by atoms with Crippen LogP contribution in [0, 0.1) is 6.92 Å². The average Bonchev–Trinajstić information content (AvgIpc) is 2.45. The summed E-state index contributed by atoms with van der Waals surface area (Å²) in [5, 5.41) is 0.651. The Labute approximate surface area is 101 Å². The smallest absolute Gasteiger partial charge is 0.156 e. The van der Waals surface area contributed by atoms with Gasteiger partial charge in [-0.3, -0.25) is 0 Å².